The van der Waals surface area contributed by atoms with Crippen LogP contribution < -0.4 is 24.6 Å². The van der Waals surface area contributed by atoms with Crippen LogP contribution in [0, 0.1) is 0 Å². The van der Waals surface area contributed by atoms with E-state index < -0.39 is 12.1 Å². The number of nitrogens with zero attached hydrogens (tertiary/aromatic N) is 3. The number of ether oxygens (including phenoxy) is 3. The van der Waals surface area contributed by atoms with Crippen LogP contribution in [0.3, 0.4) is 0 Å². The third-order valence-electron chi connectivity index (χ3n) is 5.76. The molecule has 200 valence electrons. The van der Waals surface area contributed by atoms with Gasteiger partial charge in [0.2, 0.25) is 11.1 Å². The number of aromatic nitrogens is 3. The Kier molecular flexibility index (Phi) is 8.67. The van der Waals surface area contributed by atoms with Gasteiger partial charge in [-0.3, -0.25) is 14.6 Å². The average Bonchev–Trinajstić information content (AvgIpc) is 2.90. The van der Waals surface area contributed by atoms with E-state index in [0.717, 1.165) is 12.2 Å². The van der Waals surface area contributed by atoms with Gasteiger partial charge in [-0.15, -0.1) is 0 Å². The molecule has 4 rings (SSSR count). The minimum absolute atomic E-state index is 0.217. The lowest BCUT2D eigenvalue weighted by Gasteiger charge is -2.31. The molecule has 0 saturated heterocycles. The Morgan fingerprint density at radius 2 is 1.87 bits per heavy atom. The van der Waals surface area contributed by atoms with Gasteiger partial charge in [0.25, 0.3) is 6.17 Å². The van der Waals surface area contributed by atoms with Crippen LogP contribution in [0.2, 0.25) is 0 Å². The van der Waals surface area contributed by atoms with Crippen molar-refractivity contribution in [1.82, 2.24) is 10.1 Å². The number of rotatable bonds is 10. The number of hydrogen-bond acceptors (Lipinski definition) is 8. The second-order valence-electron chi connectivity index (χ2n) is 8.41. The van der Waals surface area contributed by atoms with Crippen molar-refractivity contribution in [2.45, 2.75) is 45.4 Å². The average molecular weight is 540 g/mol. The number of esters is 1. The van der Waals surface area contributed by atoms with Gasteiger partial charge in [-0.1, -0.05) is 30.8 Å². The smallest absolute Gasteiger partial charge is 0.344 e. The monoisotopic (exact) mass is 539 g/mol. The lowest BCUT2D eigenvalue weighted by molar-refractivity contribution is -0.763. The fraction of sp³-hybridized carbons (Fsp3) is 0.370. The van der Waals surface area contributed by atoms with Gasteiger partial charge < -0.3 is 14.2 Å². The van der Waals surface area contributed by atoms with Gasteiger partial charge in [-0.25, -0.2) is 9.69 Å². The number of aromatic amines is 1. The van der Waals surface area contributed by atoms with Crippen LogP contribution in [0.25, 0.3) is 11.3 Å². The largest absolute Gasteiger partial charge is 0.490 e. The van der Waals surface area contributed by atoms with Crippen molar-refractivity contribution in [1.29, 1.82) is 0 Å². The molecule has 0 saturated carbocycles. The molecule has 2 heterocycles. The van der Waals surface area contributed by atoms with Crippen LogP contribution in [0.5, 0.6) is 11.5 Å². The zero-order valence-electron chi connectivity index (χ0n) is 21.9. The van der Waals surface area contributed by atoms with E-state index in [0.29, 0.717) is 45.8 Å². The number of nitrogens with one attached hydrogen (secondary N) is 1. The SMILES string of the molecule is CCCSc1n[n+]2c(c(=O)[nH]1)-c1ccccc1N(C(C)=O)C2c1ccc(OCC(=O)OCC)c(OCC)c1. The lowest BCUT2D eigenvalue weighted by Crippen LogP contribution is -2.60. The van der Waals surface area contributed by atoms with Crippen LogP contribution >= 0.6 is 11.8 Å². The van der Waals surface area contributed by atoms with Gasteiger partial charge in [-0.2, -0.15) is 0 Å². The summed E-state index contributed by atoms with van der Waals surface area (Å²) in [6, 6.07) is 12.5. The highest BCUT2D eigenvalue weighted by Gasteiger charge is 2.45. The summed E-state index contributed by atoms with van der Waals surface area (Å²) in [5, 5.41) is 5.24. The topological polar surface area (TPSA) is 115 Å². The molecule has 1 amide bonds. The molecule has 1 aromatic heterocycles. The molecule has 0 aliphatic carbocycles. The number of para-hydroxylation sites is 1. The first-order chi connectivity index (χ1) is 18.4. The number of benzene rings is 2. The highest BCUT2D eigenvalue weighted by molar-refractivity contribution is 7.99. The van der Waals surface area contributed by atoms with Crippen LogP contribution in [-0.2, 0) is 14.3 Å². The molecule has 0 fully saturated rings. The van der Waals surface area contributed by atoms with E-state index in [1.165, 1.54) is 18.7 Å². The maximum Gasteiger partial charge on any atom is 0.344 e. The van der Waals surface area contributed by atoms with Gasteiger partial charge in [0, 0.05) is 23.3 Å². The summed E-state index contributed by atoms with van der Waals surface area (Å²) >= 11 is 1.44. The number of anilines is 1. The van der Waals surface area contributed by atoms with Gasteiger partial charge >= 0.3 is 17.2 Å². The van der Waals surface area contributed by atoms with Crippen molar-refractivity contribution in [3.8, 4) is 22.8 Å². The Labute approximate surface area is 224 Å². The molecular formula is C27H31N4O6S+. The molecular weight excluding hydrogens is 508 g/mol. The highest BCUT2D eigenvalue weighted by Crippen LogP contribution is 2.39. The van der Waals surface area contributed by atoms with E-state index in [9.17, 15) is 14.4 Å². The summed E-state index contributed by atoms with van der Waals surface area (Å²) in [5.41, 5.74) is 1.92. The Morgan fingerprint density at radius 1 is 1.08 bits per heavy atom. The third kappa shape index (κ3) is 5.52. The predicted molar refractivity (Wildman–Crippen MR) is 143 cm³/mol. The fourth-order valence-electron chi connectivity index (χ4n) is 4.29. The normalized spacial score (nSPS) is 13.9. The van der Waals surface area contributed by atoms with Crippen molar-refractivity contribution >= 4 is 29.3 Å². The molecule has 1 aliphatic rings. The zero-order valence-corrected chi connectivity index (χ0v) is 22.7. The molecule has 1 N–H and O–H groups in total. The molecule has 3 aromatic rings. The Hall–Kier alpha value is -3.86. The van der Waals surface area contributed by atoms with Gasteiger partial charge in [-0.05, 0) is 55.3 Å². The molecule has 38 heavy (non-hydrogen) atoms. The molecule has 1 unspecified atom stereocenters. The predicted octanol–water partition coefficient (Wildman–Crippen LogP) is 3.48. The molecule has 1 aliphatic heterocycles. The number of hydrogen-bond donors (Lipinski definition) is 1. The summed E-state index contributed by atoms with van der Waals surface area (Å²) in [5.74, 6) is 0.824. The number of amides is 1. The minimum atomic E-state index is -0.765. The van der Waals surface area contributed by atoms with Crippen molar-refractivity contribution in [3.05, 3.63) is 58.4 Å². The van der Waals surface area contributed by atoms with E-state index in [2.05, 4.69) is 4.98 Å². The molecule has 0 spiro atoms. The van der Waals surface area contributed by atoms with Gasteiger partial charge in [0.15, 0.2) is 18.1 Å². The zero-order chi connectivity index (χ0) is 27.2. The highest BCUT2D eigenvalue weighted by atomic mass is 32.2. The number of carbonyl (C=O) groups is 2. The van der Waals surface area contributed by atoms with Crippen molar-refractivity contribution < 1.29 is 28.5 Å². The Bertz CT molecular complexity index is 1390. The van der Waals surface area contributed by atoms with Crippen molar-refractivity contribution in [2.75, 3.05) is 30.5 Å². The number of H-pyrrole nitrogens is 1. The summed E-state index contributed by atoms with van der Waals surface area (Å²) in [6.07, 6.45) is 0.145. The second-order valence-corrected chi connectivity index (χ2v) is 9.50. The maximum absolute atomic E-state index is 13.4. The van der Waals surface area contributed by atoms with Gasteiger partial charge in [0.1, 0.15) is 0 Å². The molecule has 0 bridgehead atoms. The number of thioether (sulfide) groups is 1. The number of carbonyl (C=O) groups excluding carboxylic acids is 2. The molecule has 11 heteroatoms. The Balaban J connectivity index is 1.87. The minimum Gasteiger partial charge on any atom is -0.490 e. The van der Waals surface area contributed by atoms with Gasteiger partial charge in [0.05, 0.1) is 24.5 Å². The molecule has 2 aromatic carbocycles. The summed E-state index contributed by atoms with van der Waals surface area (Å²) in [4.78, 5) is 42.8. The van der Waals surface area contributed by atoms with Crippen LogP contribution in [0.1, 0.15) is 45.8 Å². The first kappa shape index (κ1) is 27.2. The maximum atomic E-state index is 13.4. The Morgan fingerprint density at radius 3 is 2.58 bits per heavy atom. The van der Waals surface area contributed by atoms with Crippen LogP contribution in [0.4, 0.5) is 5.69 Å². The van der Waals surface area contributed by atoms with Crippen molar-refractivity contribution in [2.24, 2.45) is 0 Å². The first-order valence-electron chi connectivity index (χ1n) is 12.5. The van der Waals surface area contributed by atoms with Crippen LogP contribution in [0.15, 0.2) is 52.4 Å². The summed E-state index contributed by atoms with van der Waals surface area (Å²) in [7, 11) is 0. The fourth-order valence-corrected chi connectivity index (χ4v) is 5.00. The molecule has 1 atom stereocenters. The summed E-state index contributed by atoms with van der Waals surface area (Å²) in [6.45, 7) is 7.43. The van der Waals surface area contributed by atoms with E-state index >= 15 is 0 Å². The molecule has 0 radical (unpaired) electrons. The number of fused-ring (bicyclic) bond motifs is 3. The second kappa shape index (κ2) is 12.1. The first-order valence-corrected chi connectivity index (χ1v) is 13.5. The lowest BCUT2D eigenvalue weighted by atomic mass is 10.0. The van der Waals surface area contributed by atoms with Crippen molar-refractivity contribution in [3.63, 3.8) is 0 Å². The van der Waals surface area contributed by atoms with E-state index in [4.69, 9.17) is 19.3 Å². The summed E-state index contributed by atoms with van der Waals surface area (Å²) < 4.78 is 18.1. The van der Waals surface area contributed by atoms with E-state index in [1.54, 1.807) is 40.8 Å². The van der Waals surface area contributed by atoms with Crippen LogP contribution in [-0.4, -0.2) is 47.5 Å². The molecule has 10 nitrogen and oxygen atoms in total. The third-order valence-corrected chi connectivity index (χ3v) is 6.83. The van der Waals surface area contributed by atoms with E-state index in [1.807, 2.05) is 32.0 Å². The quantitative estimate of drug-likeness (QED) is 0.237. The standard InChI is InChI=1S/C27H30N4O6S/c1-5-14-38-27-28-25(34)24-19-10-8-9-11-20(19)30(17(4)32)26(31(24)29-27)18-12-13-21(22(15-18)35-6-2)37-16-23(33)36-7-3/h8-13,15,26H,5-7,14,16H2,1-4H3/p+1. The van der Waals surface area contributed by atoms with E-state index in [-0.39, 0.29) is 24.7 Å².